The van der Waals surface area contributed by atoms with Gasteiger partial charge in [-0.25, -0.2) is 9.18 Å². The van der Waals surface area contributed by atoms with Crippen LogP contribution in [0.1, 0.15) is 22.6 Å². The molecule has 0 fully saturated rings. The van der Waals surface area contributed by atoms with Crippen LogP contribution in [0.5, 0.6) is 5.75 Å². The predicted octanol–water partition coefficient (Wildman–Crippen LogP) is 5.58. The average molecular weight is 417 g/mol. The Bertz CT molecular complexity index is 1200. The number of carbonyl (C=O) groups is 1. The van der Waals surface area contributed by atoms with Gasteiger partial charge < -0.3 is 20.4 Å². The van der Waals surface area contributed by atoms with Gasteiger partial charge in [0, 0.05) is 29.6 Å². The van der Waals surface area contributed by atoms with Gasteiger partial charge in [0.15, 0.2) is 0 Å². The number of rotatable bonds is 6. The lowest BCUT2D eigenvalue weighted by atomic mass is 9.91. The third kappa shape index (κ3) is 4.53. The molecule has 5 nitrogen and oxygen atoms in total. The van der Waals surface area contributed by atoms with Crippen molar-refractivity contribution in [1.29, 1.82) is 0 Å². The highest BCUT2D eigenvalue weighted by Crippen LogP contribution is 2.31. The minimum atomic E-state index is -0.337. The molecule has 0 aliphatic rings. The van der Waals surface area contributed by atoms with E-state index in [0.29, 0.717) is 18.0 Å². The number of ether oxygens (including phenoxy) is 1. The van der Waals surface area contributed by atoms with Crippen LogP contribution in [0.2, 0.25) is 0 Å². The van der Waals surface area contributed by atoms with Crippen LogP contribution in [0.3, 0.4) is 0 Å². The molecule has 3 aromatic carbocycles. The maximum atomic E-state index is 13.5. The number of carbonyl (C=O) groups excluding carboxylic acids is 1. The van der Waals surface area contributed by atoms with Crippen molar-refractivity contribution in [2.24, 2.45) is 0 Å². The van der Waals surface area contributed by atoms with Crippen molar-refractivity contribution in [2.75, 3.05) is 19.0 Å². The second-order valence-corrected chi connectivity index (χ2v) is 7.43. The number of amides is 2. The van der Waals surface area contributed by atoms with E-state index >= 15 is 0 Å². The molecule has 4 aromatic rings. The number of aryl methyl sites for hydroxylation is 1. The van der Waals surface area contributed by atoms with E-state index in [1.54, 1.807) is 19.2 Å². The average Bonchev–Trinajstić information content (AvgIpc) is 3.19. The molecule has 3 N–H and O–H groups in total. The number of hydrogen-bond acceptors (Lipinski definition) is 2. The molecule has 0 unspecified atom stereocenters. The summed E-state index contributed by atoms with van der Waals surface area (Å²) in [5.74, 6) is 0.146. The van der Waals surface area contributed by atoms with Crippen LogP contribution in [0, 0.1) is 12.7 Å². The highest BCUT2D eigenvalue weighted by molar-refractivity contribution is 5.91. The van der Waals surface area contributed by atoms with Crippen LogP contribution in [-0.2, 0) is 0 Å². The number of fused-ring (bicyclic) bond motifs is 1. The second kappa shape index (κ2) is 8.92. The Labute approximate surface area is 180 Å². The van der Waals surface area contributed by atoms with Gasteiger partial charge in [0.05, 0.1) is 12.8 Å². The molecule has 6 heteroatoms. The highest BCUT2D eigenvalue weighted by atomic mass is 19.1. The first-order valence-corrected chi connectivity index (χ1v) is 10.1. The number of urea groups is 1. The Morgan fingerprint density at radius 3 is 2.65 bits per heavy atom. The van der Waals surface area contributed by atoms with Crippen LogP contribution in [0.25, 0.3) is 10.9 Å². The van der Waals surface area contributed by atoms with Gasteiger partial charge in [-0.1, -0.05) is 36.4 Å². The second-order valence-electron chi connectivity index (χ2n) is 7.43. The van der Waals surface area contributed by atoms with Gasteiger partial charge in [-0.05, 0) is 53.9 Å². The van der Waals surface area contributed by atoms with Gasteiger partial charge in [-0.15, -0.1) is 0 Å². The summed E-state index contributed by atoms with van der Waals surface area (Å²) >= 11 is 0. The van der Waals surface area contributed by atoms with Gasteiger partial charge in [0.25, 0.3) is 0 Å². The highest BCUT2D eigenvalue weighted by Gasteiger charge is 2.19. The zero-order chi connectivity index (χ0) is 21.8. The number of para-hydroxylation sites is 1. The number of benzene rings is 3. The Morgan fingerprint density at radius 1 is 1.10 bits per heavy atom. The normalized spacial score (nSPS) is 11.8. The molecule has 0 bridgehead atoms. The summed E-state index contributed by atoms with van der Waals surface area (Å²) in [6, 6.07) is 19.6. The van der Waals surface area contributed by atoms with E-state index in [4.69, 9.17) is 4.74 Å². The molecule has 0 aliphatic carbocycles. The number of H-pyrrole nitrogens is 1. The van der Waals surface area contributed by atoms with Crippen molar-refractivity contribution >= 4 is 22.6 Å². The topological polar surface area (TPSA) is 66.2 Å². The fourth-order valence-electron chi connectivity index (χ4n) is 3.77. The minimum Gasteiger partial charge on any atom is -0.495 e. The lowest BCUT2D eigenvalue weighted by Crippen LogP contribution is -2.32. The number of aromatic amines is 1. The molecule has 2 amide bonds. The largest absolute Gasteiger partial charge is 0.495 e. The van der Waals surface area contributed by atoms with Gasteiger partial charge in [0.1, 0.15) is 11.6 Å². The first kappa shape index (κ1) is 20.5. The molecule has 0 aliphatic heterocycles. The van der Waals surface area contributed by atoms with Crippen molar-refractivity contribution in [3.05, 3.63) is 95.4 Å². The first-order chi connectivity index (χ1) is 15.0. The summed E-state index contributed by atoms with van der Waals surface area (Å²) in [6.07, 6.45) is 1.95. The maximum absolute atomic E-state index is 13.5. The van der Waals surface area contributed by atoms with Crippen molar-refractivity contribution in [2.45, 2.75) is 12.8 Å². The summed E-state index contributed by atoms with van der Waals surface area (Å²) in [6.45, 7) is 2.29. The summed E-state index contributed by atoms with van der Waals surface area (Å²) in [5.41, 5.74) is 4.58. The molecular formula is C25H24FN3O2. The first-order valence-electron chi connectivity index (χ1n) is 10.1. The summed E-state index contributed by atoms with van der Waals surface area (Å²) in [5, 5.41) is 6.88. The van der Waals surface area contributed by atoms with Gasteiger partial charge in [-0.2, -0.15) is 0 Å². The van der Waals surface area contributed by atoms with E-state index in [1.807, 2.05) is 55.6 Å². The Hall–Kier alpha value is -3.80. The fraction of sp³-hybridized carbons (Fsp3) is 0.160. The molecule has 0 saturated heterocycles. The summed E-state index contributed by atoms with van der Waals surface area (Å²) in [7, 11) is 1.56. The van der Waals surface area contributed by atoms with E-state index in [0.717, 1.165) is 27.6 Å². The third-order valence-corrected chi connectivity index (χ3v) is 5.34. The van der Waals surface area contributed by atoms with Crippen LogP contribution >= 0.6 is 0 Å². The summed E-state index contributed by atoms with van der Waals surface area (Å²) in [4.78, 5) is 15.9. The van der Waals surface area contributed by atoms with E-state index in [1.165, 1.54) is 12.1 Å². The van der Waals surface area contributed by atoms with Gasteiger partial charge >= 0.3 is 6.03 Å². The molecule has 1 atom stereocenters. The quantitative estimate of drug-likeness (QED) is 0.384. The molecule has 0 saturated carbocycles. The maximum Gasteiger partial charge on any atom is 0.319 e. The third-order valence-electron chi connectivity index (χ3n) is 5.34. The SMILES string of the molecule is COc1ccc(C)cc1NC(=O)NC[C@@H](c1ccc(F)cc1)c1c[nH]c2ccccc12. The molecule has 1 heterocycles. The van der Waals surface area contributed by atoms with Crippen molar-refractivity contribution in [1.82, 2.24) is 10.3 Å². The smallest absolute Gasteiger partial charge is 0.319 e. The molecular weight excluding hydrogens is 393 g/mol. The number of nitrogens with one attached hydrogen (secondary N) is 3. The lowest BCUT2D eigenvalue weighted by Gasteiger charge is -2.19. The monoisotopic (exact) mass is 417 g/mol. The molecule has 1 aromatic heterocycles. The van der Waals surface area contributed by atoms with Gasteiger partial charge in [-0.3, -0.25) is 0 Å². The zero-order valence-electron chi connectivity index (χ0n) is 17.4. The summed E-state index contributed by atoms with van der Waals surface area (Å²) < 4.78 is 18.8. The Balaban J connectivity index is 1.58. The predicted molar refractivity (Wildman–Crippen MR) is 121 cm³/mol. The van der Waals surface area contributed by atoms with E-state index < -0.39 is 0 Å². The minimum absolute atomic E-state index is 0.151. The van der Waals surface area contributed by atoms with Crippen LogP contribution in [-0.4, -0.2) is 24.7 Å². The van der Waals surface area contributed by atoms with Crippen molar-refractivity contribution < 1.29 is 13.9 Å². The van der Waals surface area contributed by atoms with E-state index in [9.17, 15) is 9.18 Å². The van der Waals surface area contributed by atoms with Crippen LogP contribution in [0.4, 0.5) is 14.9 Å². The van der Waals surface area contributed by atoms with Crippen LogP contribution in [0.15, 0.2) is 72.9 Å². The fourth-order valence-corrected chi connectivity index (χ4v) is 3.77. The number of methoxy groups -OCH3 is 1. The Kier molecular flexibility index (Phi) is 5.89. The molecule has 0 spiro atoms. The molecule has 31 heavy (non-hydrogen) atoms. The molecule has 4 rings (SSSR count). The number of aromatic nitrogens is 1. The molecule has 158 valence electrons. The molecule has 0 radical (unpaired) electrons. The van der Waals surface area contributed by atoms with Gasteiger partial charge in [0.2, 0.25) is 0 Å². The van der Waals surface area contributed by atoms with Crippen molar-refractivity contribution in [3.63, 3.8) is 0 Å². The standard InChI is InChI=1S/C25H24FN3O2/c1-16-7-12-24(31-2)23(13-16)29-25(30)28-14-20(17-8-10-18(26)11-9-17)21-15-27-22-6-4-3-5-19(21)22/h3-13,15,20,27H,14H2,1-2H3,(H2,28,29,30)/t20-/m0/s1. The van der Waals surface area contributed by atoms with E-state index in [2.05, 4.69) is 15.6 Å². The van der Waals surface area contributed by atoms with E-state index in [-0.39, 0.29) is 17.8 Å². The van der Waals surface area contributed by atoms with Crippen LogP contribution < -0.4 is 15.4 Å². The zero-order valence-corrected chi connectivity index (χ0v) is 17.4. The lowest BCUT2D eigenvalue weighted by molar-refractivity contribution is 0.251. The van der Waals surface area contributed by atoms with Crippen molar-refractivity contribution in [3.8, 4) is 5.75 Å². The Morgan fingerprint density at radius 2 is 1.87 bits per heavy atom. The number of halogens is 1. The number of anilines is 1. The number of hydrogen-bond donors (Lipinski definition) is 3.